The summed E-state index contributed by atoms with van der Waals surface area (Å²) in [5.74, 6) is 1.03. The molecule has 1 nitrogen and oxygen atoms in total. The smallest absolute Gasteiger partial charge is 0.0541 e. The molecule has 0 aliphatic rings. The molecule has 2 aromatic rings. The van der Waals surface area contributed by atoms with E-state index < -0.39 is 0 Å². The Kier molecular flexibility index (Phi) is 7.61. The number of benzene rings is 1. The monoisotopic (exact) mass is 403 g/mol. The van der Waals surface area contributed by atoms with Gasteiger partial charge in [0.1, 0.15) is 0 Å². The van der Waals surface area contributed by atoms with Crippen LogP contribution in [0.5, 0.6) is 0 Å². The maximum absolute atomic E-state index is 6.23. The van der Waals surface area contributed by atoms with E-state index in [0.29, 0.717) is 6.04 Å². The SMILES string of the molecule is CCCNC(CSc1ccccc1Cl)Cc1cc(Br)cs1. The predicted molar refractivity (Wildman–Crippen MR) is 100.0 cm³/mol. The van der Waals surface area contributed by atoms with Gasteiger partial charge in [0.25, 0.3) is 0 Å². The van der Waals surface area contributed by atoms with Crippen LogP contribution in [0.3, 0.4) is 0 Å². The first kappa shape index (κ1) is 17.4. The number of nitrogens with one attached hydrogen (secondary N) is 1. The molecule has 0 amide bonds. The van der Waals surface area contributed by atoms with E-state index >= 15 is 0 Å². The van der Waals surface area contributed by atoms with Gasteiger partial charge >= 0.3 is 0 Å². The molecule has 1 atom stereocenters. The van der Waals surface area contributed by atoms with Gasteiger partial charge in [-0.05, 0) is 53.5 Å². The van der Waals surface area contributed by atoms with Crippen molar-refractivity contribution in [2.45, 2.75) is 30.7 Å². The molecule has 1 heterocycles. The molecular weight excluding hydrogens is 386 g/mol. The fourth-order valence-electron chi connectivity index (χ4n) is 1.99. The normalized spacial score (nSPS) is 12.5. The Hall–Kier alpha value is -0.0000000000000000833. The molecule has 0 saturated heterocycles. The lowest BCUT2D eigenvalue weighted by Gasteiger charge is -2.17. The lowest BCUT2D eigenvalue weighted by atomic mass is 10.2. The lowest BCUT2D eigenvalue weighted by molar-refractivity contribution is 0.553. The van der Waals surface area contributed by atoms with Crippen molar-refractivity contribution in [3.05, 3.63) is 50.1 Å². The van der Waals surface area contributed by atoms with Crippen LogP contribution in [0, 0.1) is 0 Å². The van der Waals surface area contributed by atoms with Gasteiger partial charge in [0.05, 0.1) is 5.02 Å². The fraction of sp³-hybridized carbons (Fsp3) is 0.375. The van der Waals surface area contributed by atoms with E-state index in [9.17, 15) is 0 Å². The van der Waals surface area contributed by atoms with E-state index in [-0.39, 0.29) is 0 Å². The van der Waals surface area contributed by atoms with Crippen LogP contribution in [0.4, 0.5) is 0 Å². The van der Waals surface area contributed by atoms with Gasteiger partial charge in [-0.3, -0.25) is 0 Å². The summed E-state index contributed by atoms with van der Waals surface area (Å²) in [6.07, 6.45) is 2.22. The quantitative estimate of drug-likeness (QED) is 0.552. The number of rotatable bonds is 8. The number of thioether (sulfide) groups is 1. The topological polar surface area (TPSA) is 12.0 Å². The van der Waals surface area contributed by atoms with Crippen molar-refractivity contribution in [3.63, 3.8) is 0 Å². The molecular formula is C16H19BrClNS2. The van der Waals surface area contributed by atoms with Crippen molar-refractivity contribution >= 4 is 50.6 Å². The summed E-state index contributed by atoms with van der Waals surface area (Å²) in [5.41, 5.74) is 0. The molecule has 0 spiro atoms. The van der Waals surface area contributed by atoms with Gasteiger partial charge in [-0.15, -0.1) is 23.1 Å². The molecule has 1 aromatic carbocycles. The molecule has 1 unspecified atom stereocenters. The molecule has 2 rings (SSSR count). The molecule has 1 aromatic heterocycles. The van der Waals surface area contributed by atoms with Crippen LogP contribution in [0.1, 0.15) is 18.2 Å². The minimum atomic E-state index is 0.469. The summed E-state index contributed by atoms with van der Waals surface area (Å²) >= 11 is 13.4. The Balaban J connectivity index is 1.94. The van der Waals surface area contributed by atoms with E-state index in [1.807, 2.05) is 41.3 Å². The van der Waals surface area contributed by atoms with Crippen molar-refractivity contribution in [2.75, 3.05) is 12.3 Å². The molecule has 0 fully saturated rings. The summed E-state index contributed by atoms with van der Waals surface area (Å²) < 4.78 is 1.18. The summed E-state index contributed by atoms with van der Waals surface area (Å²) in [5, 5.41) is 6.63. The van der Waals surface area contributed by atoms with Crippen molar-refractivity contribution < 1.29 is 0 Å². The van der Waals surface area contributed by atoms with Crippen molar-refractivity contribution in [3.8, 4) is 0 Å². The molecule has 0 aliphatic heterocycles. The first-order valence-electron chi connectivity index (χ1n) is 7.02. The van der Waals surface area contributed by atoms with Crippen molar-refractivity contribution in [1.82, 2.24) is 5.32 Å². The highest BCUT2D eigenvalue weighted by Crippen LogP contribution is 2.28. The second kappa shape index (κ2) is 9.21. The van der Waals surface area contributed by atoms with Gasteiger partial charge in [0, 0.05) is 31.4 Å². The third-order valence-corrected chi connectivity index (χ3v) is 6.43. The third-order valence-electron chi connectivity index (χ3n) is 3.03. The van der Waals surface area contributed by atoms with E-state index in [1.165, 1.54) is 9.35 Å². The highest BCUT2D eigenvalue weighted by atomic mass is 79.9. The highest BCUT2D eigenvalue weighted by molar-refractivity contribution is 9.10. The number of thiophene rings is 1. The second-order valence-electron chi connectivity index (χ2n) is 4.83. The fourth-order valence-corrected chi connectivity index (χ4v) is 4.82. The zero-order valence-corrected chi connectivity index (χ0v) is 15.9. The molecule has 0 aliphatic carbocycles. The van der Waals surface area contributed by atoms with Crippen LogP contribution in [-0.4, -0.2) is 18.3 Å². The first-order valence-corrected chi connectivity index (χ1v) is 10.1. The Bertz CT molecular complexity index is 559. The minimum absolute atomic E-state index is 0.469. The van der Waals surface area contributed by atoms with Gasteiger partial charge in [-0.25, -0.2) is 0 Å². The van der Waals surface area contributed by atoms with Crippen molar-refractivity contribution in [2.24, 2.45) is 0 Å². The Morgan fingerprint density at radius 3 is 2.86 bits per heavy atom. The Labute approximate surface area is 148 Å². The highest BCUT2D eigenvalue weighted by Gasteiger charge is 2.12. The van der Waals surface area contributed by atoms with Crippen LogP contribution in [0.15, 0.2) is 45.1 Å². The summed E-state index contributed by atoms with van der Waals surface area (Å²) in [6.45, 7) is 3.26. The molecule has 114 valence electrons. The van der Waals surface area contributed by atoms with E-state index in [2.05, 4.69) is 45.7 Å². The van der Waals surface area contributed by atoms with Crippen LogP contribution < -0.4 is 5.32 Å². The summed E-state index contributed by atoms with van der Waals surface area (Å²) in [4.78, 5) is 2.57. The largest absolute Gasteiger partial charge is 0.313 e. The molecule has 5 heteroatoms. The van der Waals surface area contributed by atoms with E-state index in [0.717, 1.165) is 35.1 Å². The lowest BCUT2D eigenvalue weighted by Crippen LogP contribution is -2.33. The van der Waals surface area contributed by atoms with Crippen LogP contribution in [0.25, 0.3) is 0 Å². The number of hydrogen-bond acceptors (Lipinski definition) is 3. The molecule has 0 saturated carbocycles. The van der Waals surface area contributed by atoms with E-state index in [1.54, 1.807) is 0 Å². The van der Waals surface area contributed by atoms with Crippen molar-refractivity contribution in [1.29, 1.82) is 0 Å². The zero-order chi connectivity index (χ0) is 15.1. The predicted octanol–water partition coefficient (Wildman–Crippen LogP) is 5.87. The second-order valence-corrected chi connectivity index (χ2v) is 8.21. The number of hydrogen-bond donors (Lipinski definition) is 1. The van der Waals surface area contributed by atoms with Gasteiger partial charge in [0.15, 0.2) is 0 Å². The summed E-state index contributed by atoms with van der Waals surface area (Å²) in [6, 6.07) is 10.7. The molecule has 0 bridgehead atoms. The third kappa shape index (κ3) is 5.95. The van der Waals surface area contributed by atoms with Gasteiger partial charge < -0.3 is 5.32 Å². The van der Waals surface area contributed by atoms with Crippen LogP contribution in [-0.2, 0) is 6.42 Å². The average molecular weight is 405 g/mol. The standard InChI is InChI=1S/C16H19BrClNS2/c1-2-7-19-13(9-14-8-12(17)10-20-14)11-21-16-6-4-3-5-15(16)18/h3-6,8,10,13,19H,2,7,9,11H2,1H3. The Morgan fingerprint density at radius 1 is 1.38 bits per heavy atom. The zero-order valence-electron chi connectivity index (χ0n) is 11.9. The van der Waals surface area contributed by atoms with Crippen LogP contribution >= 0.6 is 50.6 Å². The van der Waals surface area contributed by atoms with E-state index in [4.69, 9.17) is 11.6 Å². The van der Waals surface area contributed by atoms with Gasteiger partial charge in [-0.2, -0.15) is 0 Å². The average Bonchev–Trinajstić information content (AvgIpc) is 2.88. The first-order chi connectivity index (χ1) is 10.2. The van der Waals surface area contributed by atoms with Crippen LogP contribution in [0.2, 0.25) is 5.02 Å². The van der Waals surface area contributed by atoms with Gasteiger partial charge in [0.2, 0.25) is 0 Å². The molecule has 1 N–H and O–H groups in total. The number of halogens is 2. The summed E-state index contributed by atoms with van der Waals surface area (Å²) in [7, 11) is 0. The molecule has 0 radical (unpaired) electrons. The minimum Gasteiger partial charge on any atom is -0.313 e. The van der Waals surface area contributed by atoms with Gasteiger partial charge in [-0.1, -0.05) is 30.7 Å². The Morgan fingerprint density at radius 2 is 2.19 bits per heavy atom. The maximum Gasteiger partial charge on any atom is 0.0541 e. The molecule has 21 heavy (non-hydrogen) atoms. The maximum atomic E-state index is 6.23.